The highest BCUT2D eigenvalue weighted by molar-refractivity contribution is 5.64. The molecule has 0 saturated heterocycles. The molecule has 0 unspecified atom stereocenters. The van der Waals surface area contributed by atoms with Crippen molar-refractivity contribution in [1.29, 1.82) is 0 Å². The van der Waals surface area contributed by atoms with Gasteiger partial charge in [-0.15, -0.1) is 0 Å². The molecule has 0 radical (unpaired) electrons. The molecule has 1 heterocycles. The van der Waals surface area contributed by atoms with Crippen molar-refractivity contribution in [3.63, 3.8) is 0 Å². The van der Waals surface area contributed by atoms with E-state index < -0.39 is 0 Å². The zero-order valence-corrected chi connectivity index (χ0v) is 7.96. The van der Waals surface area contributed by atoms with Crippen LogP contribution in [0.2, 0.25) is 0 Å². The van der Waals surface area contributed by atoms with E-state index in [9.17, 15) is 0 Å². The van der Waals surface area contributed by atoms with Crippen LogP contribution in [0, 0.1) is 13.8 Å². The molecule has 1 nitrogen and oxygen atoms in total. The number of benzene rings is 1. The number of nitrogens with one attached hydrogen (secondary N) is 1. The third-order valence-corrected chi connectivity index (χ3v) is 2.15. The third kappa shape index (κ3) is 1.64. The fourth-order valence-corrected chi connectivity index (χ4v) is 1.64. The lowest BCUT2D eigenvalue weighted by Crippen LogP contribution is -1.80. The van der Waals surface area contributed by atoms with Crippen LogP contribution in [0.4, 0.5) is 0 Å². The Morgan fingerprint density at radius 2 is 1.62 bits per heavy atom. The highest BCUT2D eigenvalue weighted by Gasteiger charge is 1.98. The summed E-state index contributed by atoms with van der Waals surface area (Å²) in [5.41, 5.74) is 5.18. The van der Waals surface area contributed by atoms with E-state index in [-0.39, 0.29) is 0 Å². The van der Waals surface area contributed by atoms with E-state index in [4.69, 9.17) is 0 Å². The minimum atomic E-state index is 1.26. The lowest BCUT2D eigenvalue weighted by molar-refractivity contribution is 1.38. The van der Waals surface area contributed by atoms with Crippen LogP contribution in [0.3, 0.4) is 0 Å². The molecular weight excluding hydrogens is 158 g/mol. The van der Waals surface area contributed by atoms with Gasteiger partial charge in [0.15, 0.2) is 0 Å². The predicted molar refractivity (Wildman–Crippen MR) is 55.7 cm³/mol. The molecule has 2 aromatic rings. The molecule has 0 aliphatic rings. The van der Waals surface area contributed by atoms with Gasteiger partial charge in [-0.1, -0.05) is 29.3 Å². The summed E-state index contributed by atoms with van der Waals surface area (Å²) in [5, 5.41) is 0. The predicted octanol–water partition coefficient (Wildman–Crippen LogP) is 3.30. The standard InChI is InChI=1S/C12H13N/c1-9-5-10(2)7-12(6-9)11-3-4-13-8-11/h3-8,13H,1-2H3. The van der Waals surface area contributed by atoms with E-state index in [1.165, 1.54) is 22.3 Å². The SMILES string of the molecule is Cc1cc(C)cc(-c2cc[nH]c2)c1. The fourth-order valence-electron chi connectivity index (χ4n) is 1.64. The normalized spacial score (nSPS) is 10.3. The van der Waals surface area contributed by atoms with Gasteiger partial charge in [0.1, 0.15) is 0 Å². The Labute approximate surface area is 78.4 Å². The summed E-state index contributed by atoms with van der Waals surface area (Å²) in [7, 11) is 0. The van der Waals surface area contributed by atoms with Gasteiger partial charge < -0.3 is 4.98 Å². The van der Waals surface area contributed by atoms with E-state index in [1.54, 1.807) is 0 Å². The van der Waals surface area contributed by atoms with Crippen LogP contribution in [0.15, 0.2) is 36.7 Å². The summed E-state index contributed by atoms with van der Waals surface area (Å²) in [6, 6.07) is 8.69. The Balaban J connectivity index is 2.53. The van der Waals surface area contributed by atoms with Crippen molar-refractivity contribution in [3.05, 3.63) is 47.8 Å². The Morgan fingerprint density at radius 1 is 0.923 bits per heavy atom. The number of rotatable bonds is 1. The molecule has 1 heteroatoms. The maximum atomic E-state index is 3.07. The number of aryl methyl sites for hydroxylation is 2. The lowest BCUT2D eigenvalue weighted by atomic mass is 10.0. The number of hydrogen-bond acceptors (Lipinski definition) is 0. The highest BCUT2D eigenvalue weighted by Crippen LogP contribution is 2.21. The van der Waals surface area contributed by atoms with Gasteiger partial charge in [-0.3, -0.25) is 0 Å². The minimum absolute atomic E-state index is 1.26. The Hall–Kier alpha value is -1.50. The van der Waals surface area contributed by atoms with Crippen LogP contribution in [0.5, 0.6) is 0 Å². The molecule has 13 heavy (non-hydrogen) atoms. The highest BCUT2D eigenvalue weighted by atomic mass is 14.6. The van der Waals surface area contributed by atoms with Crippen molar-refractivity contribution in [1.82, 2.24) is 4.98 Å². The van der Waals surface area contributed by atoms with Crippen LogP contribution >= 0.6 is 0 Å². The smallest absolute Gasteiger partial charge is 0.00841 e. The van der Waals surface area contributed by atoms with Gasteiger partial charge in [0, 0.05) is 12.4 Å². The minimum Gasteiger partial charge on any atom is -0.367 e. The molecule has 1 aromatic carbocycles. The first kappa shape index (κ1) is 8.11. The van der Waals surface area contributed by atoms with Crippen molar-refractivity contribution < 1.29 is 0 Å². The summed E-state index contributed by atoms with van der Waals surface area (Å²) >= 11 is 0. The van der Waals surface area contributed by atoms with Crippen LogP contribution in [0.25, 0.3) is 11.1 Å². The molecule has 0 aliphatic heterocycles. The van der Waals surface area contributed by atoms with Gasteiger partial charge in [-0.25, -0.2) is 0 Å². The summed E-state index contributed by atoms with van der Waals surface area (Å²) in [4.78, 5) is 3.07. The summed E-state index contributed by atoms with van der Waals surface area (Å²) in [6.45, 7) is 4.26. The second-order valence-corrected chi connectivity index (χ2v) is 3.48. The maximum absolute atomic E-state index is 3.07. The Bertz CT molecular complexity index is 379. The average Bonchev–Trinajstić information content (AvgIpc) is 2.53. The number of aromatic nitrogens is 1. The second-order valence-electron chi connectivity index (χ2n) is 3.48. The van der Waals surface area contributed by atoms with E-state index in [2.05, 4.69) is 43.1 Å². The quantitative estimate of drug-likeness (QED) is 0.677. The Kier molecular flexibility index (Phi) is 1.93. The molecule has 0 saturated carbocycles. The first-order chi connectivity index (χ1) is 6.25. The number of H-pyrrole nitrogens is 1. The monoisotopic (exact) mass is 171 g/mol. The summed E-state index contributed by atoms with van der Waals surface area (Å²) in [5.74, 6) is 0. The van der Waals surface area contributed by atoms with Crippen LogP contribution < -0.4 is 0 Å². The van der Waals surface area contributed by atoms with Crippen LogP contribution in [0.1, 0.15) is 11.1 Å². The third-order valence-electron chi connectivity index (χ3n) is 2.15. The summed E-state index contributed by atoms with van der Waals surface area (Å²) < 4.78 is 0. The largest absolute Gasteiger partial charge is 0.367 e. The molecule has 0 bridgehead atoms. The molecule has 1 aromatic heterocycles. The zero-order chi connectivity index (χ0) is 9.26. The van der Waals surface area contributed by atoms with E-state index in [0.717, 1.165) is 0 Å². The van der Waals surface area contributed by atoms with E-state index in [1.807, 2.05) is 12.4 Å². The summed E-state index contributed by atoms with van der Waals surface area (Å²) in [6.07, 6.45) is 3.97. The van der Waals surface area contributed by atoms with E-state index >= 15 is 0 Å². The van der Waals surface area contributed by atoms with Gasteiger partial charge >= 0.3 is 0 Å². The Morgan fingerprint density at radius 3 is 2.15 bits per heavy atom. The molecular formula is C12H13N. The van der Waals surface area contributed by atoms with Crippen molar-refractivity contribution in [2.24, 2.45) is 0 Å². The number of hydrogen-bond donors (Lipinski definition) is 1. The van der Waals surface area contributed by atoms with Crippen molar-refractivity contribution in [3.8, 4) is 11.1 Å². The molecule has 66 valence electrons. The molecule has 1 N–H and O–H groups in total. The van der Waals surface area contributed by atoms with Gasteiger partial charge in [0.25, 0.3) is 0 Å². The van der Waals surface area contributed by atoms with Crippen molar-refractivity contribution in [2.75, 3.05) is 0 Å². The molecule has 0 aliphatic carbocycles. The molecule has 0 spiro atoms. The molecule has 2 rings (SSSR count). The topological polar surface area (TPSA) is 15.8 Å². The molecule has 0 fully saturated rings. The number of aromatic amines is 1. The van der Waals surface area contributed by atoms with Crippen molar-refractivity contribution in [2.45, 2.75) is 13.8 Å². The van der Waals surface area contributed by atoms with Gasteiger partial charge in [-0.05, 0) is 31.0 Å². The average molecular weight is 171 g/mol. The fraction of sp³-hybridized carbons (Fsp3) is 0.167. The molecule has 0 atom stereocenters. The molecule has 0 amide bonds. The van der Waals surface area contributed by atoms with Gasteiger partial charge in [0.2, 0.25) is 0 Å². The van der Waals surface area contributed by atoms with Crippen LogP contribution in [-0.2, 0) is 0 Å². The van der Waals surface area contributed by atoms with E-state index in [0.29, 0.717) is 0 Å². The maximum Gasteiger partial charge on any atom is 0.00841 e. The first-order valence-electron chi connectivity index (χ1n) is 4.47. The first-order valence-corrected chi connectivity index (χ1v) is 4.47. The van der Waals surface area contributed by atoms with Crippen LogP contribution in [-0.4, -0.2) is 4.98 Å². The lowest BCUT2D eigenvalue weighted by Gasteiger charge is -2.01. The zero-order valence-electron chi connectivity index (χ0n) is 7.96. The van der Waals surface area contributed by atoms with Crippen molar-refractivity contribution >= 4 is 0 Å². The second kappa shape index (κ2) is 3.09. The van der Waals surface area contributed by atoms with Gasteiger partial charge in [-0.2, -0.15) is 0 Å². The van der Waals surface area contributed by atoms with Gasteiger partial charge in [0.05, 0.1) is 0 Å².